The zero-order valence-corrected chi connectivity index (χ0v) is 11.1. The van der Waals surface area contributed by atoms with Gasteiger partial charge in [0.25, 0.3) is 0 Å². The molecule has 1 aromatic carbocycles. The number of rotatable bonds is 6. The Bertz CT molecular complexity index is 353. The molecule has 1 rings (SSSR count). The summed E-state index contributed by atoms with van der Waals surface area (Å²) < 4.78 is 11.0. The van der Waals surface area contributed by atoms with Crippen molar-refractivity contribution in [2.24, 2.45) is 5.73 Å². The summed E-state index contributed by atoms with van der Waals surface area (Å²) in [6, 6.07) is 6.10. The minimum atomic E-state index is 0.209. The van der Waals surface area contributed by atoms with Crippen molar-refractivity contribution in [1.82, 2.24) is 4.90 Å². The van der Waals surface area contributed by atoms with Crippen molar-refractivity contribution in [2.45, 2.75) is 13.0 Å². The van der Waals surface area contributed by atoms with Gasteiger partial charge in [0, 0.05) is 6.54 Å². The van der Waals surface area contributed by atoms with Crippen molar-refractivity contribution in [2.75, 3.05) is 34.4 Å². The van der Waals surface area contributed by atoms with Crippen LogP contribution in [0.25, 0.3) is 0 Å². The lowest BCUT2D eigenvalue weighted by atomic mass is 10.2. The van der Waals surface area contributed by atoms with E-state index in [1.54, 1.807) is 7.11 Å². The van der Waals surface area contributed by atoms with Crippen LogP contribution >= 0.6 is 0 Å². The van der Waals surface area contributed by atoms with E-state index >= 15 is 0 Å². The van der Waals surface area contributed by atoms with Crippen LogP contribution in [0.2, 0.25) is 0 Å². The van der Waals surface area contributed by atoms with Crippen LogP contribution in [0.3, 0.4) is 0 Å². The summed E-state index contributed by atoms with van der Waals surface area (Å²) in [7, 11) is 5.63. The van der Waals surface area contributed by atoms with Crippen molar-refractivity contribution >= 4 is 0 Å². The number of likely N-dealkylation sites (N-methyl/N-ethyl adjacent to an activating group) is 1. The summed E-state index contributed by atoms with van der Waals surface area (Å²) in [5.74, 6) is 1.53. The van der Waals surface area contributed by atoms with Gasteiger partial charge < -0.3 is 20.1 Å². The molecule has 0 bridgehead atoms. The molecule has 0 saturated carbocycles. The van der Waals surface area contributed by atoms with Gasteiger partial charge in [0.2, 0.25) is 0 Å². The molecule has 0 radical (unpaired) electrons. The van der Waals surface area contributed by atoms with E-state index in [1.165, 1.54) is 0 Å². The Morgan fingerprint density at radius 2 is 2.00 bits per heavy atom. The lowest BCUT2D eigenvalue weighted by Gasteiger charge is -2.23. The summed E-state index contributed by atoms with van der Waals surface area (Å²) in [4.78, 5) is 2.06. The first-order chi connectivity index (χ1) is 8.08. The van der Waals surface area contributed by atoms with E-state index < -0.39 is 0 Å². The Balaban J connectivity index is 2.68. The Labute approximate surface area is 103 Å². The molecule has 0 saturated heterocycles. The maximum atomic E-state index is 5.75. The molecular formula is C13H22N2O2. The molecule has 1 atom stereocenters. The Kier molecular flexibility index (Phi) is 5.25. The number of nitrogens with two attached hydrogens (primary N) is 1. The molecule has 0 aromatic heterocycles. The lowest BCUT2D eigenvalue weighted by molar-refractivity contribution is 0.185. The fraction of sp³-hybridized carbons (Fsp3) is 0.538. The molecule has 0 aliphatic rings. The minimum absolute atomic E-state index is 0.209. The van der Waals surface area contributed by atoms with Gasteiger partial charge in [-0.05, 0) is 38.7 Å². The van der Waals surface area contributed by atoms with E-state index in [0.29, 0.717) is 13.2 Å². The van der Waals surface area contributed by atoms with Gasteiger partial charge in [-0.1, -0.05) is 6.07 Å². The summed E-state index contributed by atoms with van der Waals surface area (Å²) in [5, 5.41) is 0. The topological polar surface area (TPSA) is 47.7 Å². The quantitative estimate of drug-likeness (QED) is 0.811. The fourth-order valence-electron chi connectivity index (χ4n) is 1.51. The maximum absolute atomic E-state index is 5.75. The predicted molar refractivity (Wildman–Crippen MR) is 69.8 cm³/mol. The van der Waals surface area contributed by atoms with E-state index in [9.17, 15) is 0 Å². The van der Waals surface area contributed by atoms with Gasteiger partial charge in [-0.15, -0.1) is 0 Å². The van der Waals surface area contributed by atoms with Gasteiger partial charge in [0.1, 0.15) is 6.61 Å². The number of methoxy groups -OCH3 is 1. The van der Waals surface area contributed by atoms with Crippen molar-refractivity contribution in [1.29, 1.82) is 0 Å². The third-order valence-corrected chi connectivity index (χ3v) is 2.75. The molecule has 0 fully saturated rings. The highest BCUT2D eigenvalue weighted by atomic mass is 16.5. The third-order valence-electron chi connectivity index (χ3n) is 2.75. The number of nitrogens with zero attached hydrogens (tertiary/aromatic N) is 1. The van der Waals surface area contributed by atoms with Gasteiger partial charge in [-0.25, -0.2) is 0 Å². The molecule has 0 heterocycles. The van der Waals surface area contributed by atoms with Crippen molar-refractivity contribution in [3.8, 4) is 11.5 Å². The molecule has 0 amide bonds. The van der Waals surface area contributed by atoms with E-state index in [4.69, 9.17) is 15.2 Å². The normalized spacial score (nSPS) is 12.6. The largest absolute Gasteiger partial charge is 0.493 e. The zero-order chi connectivity index (χ0) is 12.8. The molecule has 0 spiro atoms. The van der Waals surface area contributed by atoms with Gasteiger partial charge >= 0.3 is 0 Å². The monoisotopic (exact) mass is 238 g/mol. The molecule has 4 heteroatoms. The average Bonchev–Trinajstić information content (AvgIpc) is 2.31. The average molecular weight is 238 g/mol. The Hall–Kier alpha value is -1.26. The molecule has 4 nitrogen and oxygen atoms in total. The first-order valence-corrected chi connectivity index (χ1v) is 5.72. The van der Waals surface area contributed by atoms with Crippen LogP contribution < -0.4 is 15.2 Å². The van der Waals surface area contributed by atoms with E-state index in [-0.39, 0.29) is 6.04 Å². The molecule has 96 valence electrons. The Morgan fingerprint density at radius 1 is 1.29 bits per heavy atom. The maximum Gasteiger partial charge on any atom is 0.161 e. The van der Waals surface area contributed by atoms with Gasteiger partial charge in [-0.3, -0.25) is 0 Å². The van der Waals surface area contributed by atoms with Crippen LogP contribution in [0.15, 0.2) is 18.2 Å². The van der Waals surface area contributed by atoms with Crippen molar-refractivity contribution in [3.05, 3.63) is 23.8 Å². The molecule has 0 aliphatic carbocycles. The standard InChI is InChI=1S/C13H22N2O2/c1-10-5-6-12(13(7-10)16-4)17-9-11(8-14)15(2)3/h5-7,11H,8-9,14H2,1-4H3. The van der Waals surface area contributed by atoms with Gasteiger partial charge in [-0.2, -0.15) is 0 Å². The van der Waals surface area contributed by atoms with Crippen LogP contribution in [-0.4, -0.2) is 45.3 Å². The highest BCUT2D eigenvalue weighted by molar-refractivity contribution is 5.42. The summed E-state index contributed by atoms with van der Waals surface area (Å²) in [6.07, 6.45) is 0. The number of hydrogen-bond donors (Lipinski definition) is 1. The van der Waals surface area contributed by atoms with Crippen LogP contribution in [0.1, 0.15) is 5.56 Å². The van der Waals surface area contributed by atoms with Crippen LogP contribution in [0, 0.1) is 6.92 Å². The minimum Gasteiger partial charge on any atom is -0.493 e. The first kappa shape index (κ1) is 13.8. The summed E-state index contributed by atoms with van der Waals surface area (Å²) in [5.41, 5.74) is 6.83. The fourth-order valence-corrected chi connectivity index (χ4v) is 1.51. The number of benzene rings is 1. The summed E-state index contributed by atoms with van der Waals surface area (Å²) >= 11 is 0. The number of ether oxygens (including phenoxy) is 2. The molecule has 0 aliphatic heterocycles. The zero-order valence-electron chi connectivity index (χ0n) is 11.1. The molecule has 1 aromatic rings. The van der Waals surface area contributed by atoms with Crippen molar-refractivity contribution < 1.29 is 9.47 Å². The van der Waals surface area contributed by atoms with Crippen LogP contribution in [0.4, 0.5) is 0 Å². The molecular weight excluding hydrogens is 216 g/mol. The van der Waals surface area contributed by atoms with Crippen LogP contribution in [0.5, 0.6) is 11.5 Å². The second kappa shape index (κ2) is 6.47. The van der Waals surface area contributed by atoms with Gasteiger partial charge in [0.15, 0.2) is 11.5 Å². The van der Waals surface area contributed by atoms with Gasteiger partial charge in [0.05, 0.1) is 13.2 Å². The number of hydrogen-bond acceptors (Lipinski definition) is 4. The molecule has 17 heavy (non-hydrogen) atoms. The lowest BCUT2D eigenvalue weighted by Crippen LogP contribution is -2.39. The first-order valence-electron chi connectivity index (χ1n) is 5.72. The van der Waals surface area contributed by atoms with Crippen molar-refractivity contribution in [3.63, 3.8) is 0 Å². The smallest absolute Gasteiger partial charge is 0.161 e. The highest BCUT2D eigenvalue weighted by Gasteiger charge is 2.11. The van der Waals surface area contributed by atoms with Crippen LogP contribution in [-0.2, 0) is 0 Å². The van der Waals surface area contributed by atoms with E-state index in [2.05, 4.69) is 4.90 Å². The highest BCUT2D eigenvalue weighted by Crippen LogP contribution is 2.27. The SMILES string of the molecule is COc1cc(C)ccc1OCC(CN)N(C)C. The van der Waals surface area contributed by atoms with E-state index in [0.717, 1.165) is 17.1 Å². The Morgan fingerprint density at radius 3 is 2.53 bits per heavy atom. The van der Waals surface area contributed by atoms with E-state index in [1.807, 2.05) is 39.2 Å². The second-order valence-electron chi connectivity index (χ2n) is 4.32. The predicted octanol–water partition coefficient (Wildman–Crippen LogP) is 1.27. The summed E-state index contributed by atoms with van der Waals surface area (Å²) in [6.45, 7) is 3.15. The third kappa shape index (κ3) is 3.91. The number of aryl methyl sites for hydroxylation is 1. The second-order valence-corrected chi connectivity index (χ2v) is 4.32. The molecule has 1 unspecified atom stereocenters. The molecule has 2 N–H and O–H groups in total.